The molecule has 1 aliphatic carbocycles. The van der Waals surface area contributed by atoms with Crippen LogP contribution < -0.4 is 10.6 Å². The molecule has 4 heterocycles. The molecule has 2 aromatic carbocycles. The van der Waals surface area contributed by atoms with Gasteiger partial charge in [-0.2, -0.15) is 0 Å². The number of anilines is 2. The normalized spacial score (nSPS) is 22.3. The van der Waals surface area contributed by atoms with Gasteiger partial charge in [-0.15, -0.1) is 0 Å². The minimum absolute atomic E-state index is 0.0110. The third kappa shape index (κ3) is 5.28. The Hall–Kier alpha value is -4.21. The van der Waals surface area contributed by atoms with Gasteiger partial charge in [0, 0.05) is 60.0 Å². The molecule has 218 valence electrons. The maximum atomic E-state index is 14.8. The van der Waals surface area contributed by atoms with E-state index in [1.165, 1.54) is 37.1 Å². The molecule has 0 radical (unpaired) electrons. The molecule has 1 amide bonds. The molecule has 0 saturated carbocycles. The molecule has 10 heteroatoms. The number of amides is 1. The molecule has 2 atom stereocenters. The summed E-state index contributed by atoms with van der Waals surface area (Å²) in [7, 11) is 1.90. The zero-order valence-corrected chi connectivity index (χ0v) is 24.2. The Kier molecular flexibility index (Phi) is 7.15. The lowest BCUT2D eigenvalue weighted by Crippen LogP contribution is -2.48. The summed E-state index contributed by atoms with van der Waals surface area (Å²) in [6.45, 7) is 0. The van der Waals surface area contributed by atoms with Gasteiger partial charge in [-0.3, -0.25) is 4.79 Å². The molecule has 7 rings (SSSR count). The molecule has 3 aromatic rings. The molecule has 43 heavy (non-hydrogen) atoms. The number of piperidine rings is 1. The summed E-state index contributed by atoms with van der Waals surface area (Å²) in [5.41, 5.74) is 4.09. The second-order valence-electron chi connectivity index (χ2n) is 11.4. The molecular weight excluding hydrogens is 570 g/mol. The van der Waals surface area contributed by atoms with Crippen molar-refractivity contribution < 1.29 is 13.6 Å². The highest BCUT2D eigenvalue weighted by molar-refractivity contribution is 6.69. The van der Waals surface area contributed by atoms with Gasteiger partial charge in [0.05, 0.1) is 11.3 Å². The SMILES string of the molecule is CN(C(=O)c1ccc(Nc2ncc3c(n2)C2=CN=C(Cl)C=C(c4c(F)cccc4F)C2=CC3)cc1)C1CC2CCC(C1)N2. The monoisotopic (exact) mass is 598 g/mol. The first-order valence-corrected chi connectivity index (χ1v) is 14.8. The van der Waals surface area contributed by atoms with Crippen LogP contribution in [0.4, 0.5) is 20.4 Å². The van der Waals surface area contributed by atoms with Crippen molar-refractivity contribution in [3.05, 3.63) is 107 Å². The smallest absolute Gasteiger partial charge is 0.253 e. The van der Waals surface area contributed by atoms with Crippen molar-refractivity contribution in [2.75, 3.05) is 12.4 Å². The van der Waals surface area contributed by atoms with E-state index in [0.717, 1.165) is 24.1 Å². The average Bonchev–Trinajstić information content (AvgIpc) is 3.25. The molecule has 2 saturated heterocycles. The Morgan fingerprint density at radius 1 is 1.02 bits per heavy atom. The van der Waals surface area contributed by atoms with Crippen molar-refractivity contribution in [1.29, 1.82) is 0 Å². The summed E-state index contributed by atoms with van der Waals surface area (Å²) in [5.74, 6) is -1.03. The number of aliphatic imine (C=N–C) groups is 1. The lowest BCUT2D eigenvalue weighted by Gasteiger charge is -2.35. The molecule has 2 bridgehead atoms. The van der Waals surface area contributed by atoms with Crippen LogP contribution >= 0.6 is 11.6 Å². The van der Waals surface area contributed by atoms with Crippen molar-refractivity contribution in [2.24, 2.45) is 4.99 Å². The van der Waals surface area contributed by atoms with Crippen LogP contribution in [0.2, 0.25) is 0 Å². The third-order valence-electron chi connectivity index (χ3n) is 8.74. The number of aromatic nitrogens is 2. The summed E-state index contributed by atoms with van der Waals surface area (Å²) in [6, 6.07) is 12.3. The van der Waals surface area contributed by atoms with E-state index in [1.54, 1.807) is 24.5 Å². The lowest BCUT2D eigenvalue weighted by molar-refractivity contribution is 0.0681. The van der Waals surface area contributed by atoms with Crippen molar-refractivity contribution >= 4 is 45.5 Å². The van der Waals surface area contributed by atoms with Gasteiger partial charge in [0.2, 0.25) is 5.95 Å². The number of rotatable bonds is 5. The number of fused-ring (bicyclic) bond motifs is 5. The van der Waals surface area contributed by atoms with Crippen LogP contribution in [0.5, 0.6) is 0 Å². The Labute approximate surface area is 253 Å². The van der Waals surface area contributed by atoms with E-state index in [9.17, 15) is 13.6 Å². The van der Waals surface area contributed by atoms with Crippen molar-refractivity contribution in [3.63, 3.8) is 0 Å². The van der Waals surface area contributed by atoms with Gasteiger partial charge >= 0.3 is 0 Å². The Bertz CT molecular complexity index is 1720. The van der Waals surface area contributed by atoms with Crippen LogP contribution in [0.1, 0.15) is 52.9 Å². The fourth-order valence-electron chi connectivity index (χ4n) is 6.55. The fourth-order valence-corrected chi connectivity index (χ4v) is 6.70. The summed E-state index contributed by atoms with van der Waals surface area (Å²) in [5, 5.41) is 6.94. The van der Waals surface area contributed by atoms with Gasteiger partial charge in [0.15, 0.2) is 0 Å². The van der Waals surface area contributed by atoms with Crippen LogP contribution in [0.25, 0.3) is 11.1 Å². The van der Waals surface area contributed by atoms with Crippen molar-refractivity contribution in [2.45, 2.75) is 50.2 Å². The van der Waals surface area contributed by atoms with Crippen molar-refractivity contribution in [1.82, 2.24) is 20.2 Å². The number of carbonyl (C=O) groups excluding carboxylic acids is 1. The number of allylic oxidation sites excluding steroid dienone is 5. The molecule has 7 nitrogen and oxygen atoms in total. The molecule has 2 unspecified atom stereocenters. The van der Waals surface area contributed by atoms with Crippen LogP contribution in [0.3, 0.4) is 0 Å². The van der Waals surface area contributed by atoms with Crippen LogP contribution in [-0.2, 0) is 6.42 Å². The number of carbonyl (C=O) groups is 1. The van der Waals surface area contributed by atoms with Gasteiger partial charge in [0.25, 0.3) is 5.91 Å². The number of halogens is 3. The van der Waals surface area contributed by atoms with Gasteiger partial charge in [-0.1, -0.05) is 23.7 Å². The number of nitrogens with zero attached hydrogens (tertiary/aromatic N) is 4. The molecular formula is C33H29ClF2N6O. The molecule has 3 aliphatic heterocycles. The number of hydrogen-bond acceptors (Lipinski definition) is 6. The Morgan fingerprint density at radius 3 is 2.47 bits per heavy atom. The van der Waals surface area contributed by atoms with Gasteiger partial charge in [0.1, 0.15) is 16.8 Å². The van der Waals surface area contributed by atoms with E-state index in [-0.39, 0.29) is 22.7 Å². The van der Waals surface area contributed by atoms with E-state index in [0.29, 0.717) is 52.4 Å². The van der Waals surface area contributed by atoms with E-state index >= 15 is 0 Å². The molecule has 4 aliphatic rings. The first-order valence-electron chi connectivity index (χ1n) is 14.4. The largest absolute Gasteiger partial charge is 0.339 e. The fraction of sp³-hybridized carbons (Fsp3) is 0.273. The van der Waals surface area contributed by atoms with Crippen LogP contribution in [0.15, 0.2) is 77.6 Å². The Morgan fingerprint density at radius 2 is 1.74 bits per heavy atom. The first kappa shape index (κ1) is 27.6. The molecule has 1 aromatic heterocycles. The van der Waals surface area contributed by atoms with Gasteiger partial charge in [-0.25, -0.2) is 23.7 Å². The minimum atomic E-state index is -0.690. The van der Waals surface area contributed by atoms with E-state index in [1.807, 2.05) is 30.2 Å². The zero-order valence-electron chi connectivity index (χ0n) is 23.4. The van der Waals surface area contributed by atoms with Gasteiger partial charge in [-0.05, 0) is 85.7 Å². The lowest BCUT2D eigenvalue weighted by atomic mass is 9.84. The quantitative estimate of drug-likeness (QED) is 0.355. The molecule has 2 N–H and O–H groups in total. The summed E-state index contributed by atoms with van der Waals surface area (Å²) >= 11 is 6.30. The first-order chi connectivity index (χ1) is 20.8. The molecule has 0 spiro atoms. The Balaban J connectivity index is 1.11. The highest BCUT2D eigenvalue weighted by Gasteiger charge is 2.36. The number of benzene rings is 2. The summed E-state index contributed by atoms with van der Waals surface area (Å²) < 4.78 is 29.7. The van der Waals surface area contributed by atoms with Crippen molar-refractivity contribution in [3.8, 4) is 0 Å². The second-order valence-corrected chi connectivity index (χ2v) is 11.8. The van der Waals surface area contributed by atoms with Crippen LogP contribution in [0, 0.1) is 11.6 Å². The molecule has 2 fully saturated rings. The summed E-state index contributed by atoms with van der Waals surface area (Å²) in [6.07, 6.45) is 11.5. The topological polar surface area (TPSA) is 82.5 Å². The summed E-state index contributed by atoms with van der Waals surface area (Å²) in [4.78, 5) is 28.6. The maximum Gasteiger partial charge on any atom is 0.253 e. The number of nitrogens with one attached hydrogen (secondary N) is 2. The maximum absolute atomic E-state index is 14.8. The van der Waals surface area contributed by atoms with Crippen LogP contribution in [-0.4, -0.2) is 51.1 Å². The second kappa shape index (κ2) is 11.1. The predicted molar refractivity (Wildman–Crippen MR) is 164 cm³/mol. The third-order valence-corrected chi connectivity index (χ3v) is 8.95. The van der Waals surface area contributed by atoms with E-state index in [2.05, 4.69) is 20.6 Å². The highest BCUT2D eigenvalue weighted by atomic mass is 35.5. The zero-order chi connectivity index (χ0) is 29.7. The standard InChI is InChI=1S/C33H29ClF2N6O/c1-42(23-13-21-10-11-22(14-23)39-21)32(43)18-5-8-20(9-6-18)40-33-38-16-19-7-12-24-25(30-27(35)3-2-4-28(30)36)15-29(34)37-17-26(24)31(19)41-33/h2-6,8-9,12,15-17,21-23,39H,7,10-11,13-14H2,1H3,(H,38,40,41). The predicted octanol–water partition coefficient (Wildman–Crippen LogP) is 6.41. The average molecular weight is 599 g/mol. The van der Waals surface area contributed by atoms with E-state index in [4.69, 9.17) is 16.6 Å². The highest BCUT2D eigenvalue weighted by Crippen LogP contribution is 2.41. The van der Waals surface area contributed by atoms with E-state index < -0.39 is 11.6 Å². The van der Waals surface area contributed by atoms with Gasteiger partial charge < -0.3 is 15.5 Å². The minimum Gasteiger partial charge on any atom is -0.339 e. The number of hydrogen-bond donors (Lipinski definition) is 2.